The molecule has 0 atom stereocenters. The summed E-state index contributed by atoms with van der Waals surface area (Å²) in [7, 11) is 0. The first-order valence-corrected chi connectivity index (χ1v) is 6.46. The molecular formula is C16H17F2N. The van der Waals surface area contributed by atoms with E-state index in [9.17, 15) is 8.78 Å². The molecule has 2 aromatic carbocycles. The third-order valence-corrected chi connectivity index (χ3v) is 3.01. The molecule has 0 fully saturated rings. The third kappa shape index (κ3) is 3.53. The Hall–Kier alpha value is -1.90. The quantitative estimate of drug-likeness (QED) is 0.833. The predicted molar refractivity (Wildman–Crippen MR) is 74.1 cm³/mol. The minimum atomic E-state index is -0.808. The Morgan fingerprint density at radius 2 is 1.74 bits per heavy atom. The number of halogens is 2. The molecule has 1 N–H and O–H groups in total. The van der Waals surface area contributed by atoms with Crippen molar-refractivity contribution in [3.05, 3.63) is 65.2 Å². The number of aryl methyl sites for hydroxylation is 1. The van der Waals surface area contributed by atoms with E-state index in [1.54, 1.807) is 6.07 Å². The topological polar surface area (TPSA) is 12.0 Å². The highest BCUT2D eigenvalue weighted by Crippen LogP contribution is 2.15. The molecule has 100 valence electrons. The Balaban J connectivity index is 2.00. The van der Waals surface area contributed by atoms with Gasteiger partial charge in [-0.15, -0.1) is 0 Å². The molecule has 0 bridgehead atoms. The van der Waals surface area contributed by atoms with Crippen molar-refractivity contribution in [3.8, 4) is 0 Å². The van der Waals surface area contributed by atoms with Crippen molar-refractivity contribution in [2.75, 3.05) is 5.32 Å². The summed E-state index contributed by atoms with van der Waals surface area (Å²) in [6.07, 6.45) is 2.17. The number of benzene rings is 2. The van der Waals surface area contributed by atoms with Crippen LogP contribution in [0, 0.1) is 11.6 Å². The van der Waals surface area contributed by atoms with Crippen LogP contribution in [0.4, 0.5) is 14.5 Å². The van der Waals surface area contributed by atoms with Crippen molar-refractivity contribution in [1.29, 1.82) is 0 Å². The van der Waals surface area contributed by atoms with Crippen LogP contribution in [0.2, 0.25) is 0 Å². The van der Waals surface area contributed by atoms with Crippen LogP contribution in [0.1, 0.15) is 24.5 Å². The molecule has 2 rings (SSSR count). The summed E-state index contributed by atoms with van der Waals surface area (Å²) < 4.78 is 26.5. The first-order valence-electron chi connectivity index (χ1n) is 6.46. The van der Waals surface area contributed by atoms with Crippen LogP contribution in [0.5, 0.6) is 0 Å². The van der Waals surface area contributed by atoms with Gasteiger partial charge in [0, 0.05) is 17.8 Å². The maximum atomic E-state index is 13.5. The first kappa shape index (κ1) is 13.5. The molecule has 0 aliphatic heterocycles. The number of nitrogens with one attached hydrogen (secondary N) is 1. The van der Waals surface area contributed by atoms with E-state index in [0.29, 0.717) is 5.56 Å². The molecule has 0 unspecified atom stereocenters. The molecule has 0 saturated carbocycles. The van der Waals surface area contributed by atoms with Gasteiger partial charge in [-0.25, -0.2) is 8.78 Å². The summed E-state index contributed by atoms with van der Waals surface area (Å²) in [6.45, 7) is 2.41. The van der Waals surface area contributed by atoms with Crippen LogP contribution in [0.15, 0.2) is 42.5 Å². The average molecular weight is 261 g/mol. The largest absolute Gasteiger partial charge is 0.381 e. The average Bonchev–Trinajstić information content (AvgIpc) is 2.42. The van der Waals surface area contributed by atoms with Gasteiger partial charge in [0.05, 0.1) is 0 Å². The van der Waals surface area contributed by atoms with E-state index in [0.717, 1.165) is 24.6 Å². The molecule has 0 heterocycles. The normalized spacial score (nSPS) is 10.5. The second-order valence-electron chi connectivity index (χ2n) is 4.51. The molecule has 2 aromatic rings. The van der Waals surface area contributed by atoms with Crippen molar-refractivity contribution >= 4 is 5.69 Å². The van der Waals surface area contributed by atoms with Crippen molar-refractivity contribution in [3.63, 3.8) is 0 Å². The molecule has 0 saturated heterocycles. The molecule has 0 aliphatic rings. The van der Waals surface area contributed by atoms with E-state index >= 15 is 0 Å². The Bertz CT molecular complexity index is 535. The van der Waals surface area contributed by atoms with Crippen LogP contribution in [-0.2, 0) is 13.0 Å². The fourth-order valence-corrected chi connectivity index (χ4v) is 1.96. The van der Waals surface area contributed by atoms with E-state index in [1.807, 2.05) is 24.3 Å². The van der Waals surface area contributed by atoms with Crippen LogP contribution in [-0.4, -0.2) is 0 Å². The Morgan fingerprint density at radius 3 is 2.42 bits per heavy atom. The Labute approximate surface area is 112 Å². The van der Waals surface area contributed by atoms with Crippen LogP contribution in [0.3, 0.4) is 0 Å². The number of hydrogen-bond acceptors (Lipinski definition) is 1. The van der Waals surface area contributed by atoms with Gasteiger partial charge in [-0.05, 0) is 30.2 Å². The van der Waals surface area contributed by atoms with Crippen molar-refractivity contribution in [1.82, 2.24) is 0 Å². The minimum absolute atomic E-state index is 0.275. The maximum Gasteiger partial charge on any atom is 0.163 e. The lowest BCUT2D eigenvalue weighted by Crippen LogP contribution is -2.03. The van der Waals surface area contributed by atoms with Gasteiger partial charge in [-0.2, -0.15) is 0 Å². The van der Waals surface area contributed by atoms with Gasteiger partial charge >= 0.3 is 0 Å². The SMILES string of the molecule is CCCc1ccc(NCc2cccc(F)c2F)cc1. The molecule has 0 amide bonds. The van der Waals surface area contributed by atoms with Crippen molar-refractivity contribution < 1.29 is 8.78 Å². The molecule has 0 aromatic heterocycles. The van der Waals surface area contributed by atoms with Gasteiger partial charge in [-0.3, -0.25) is 0 Å². The molecule has 19 heavy (non-hydrogen) atoms. The highest BCUT2D eigenvalue weighted by molar-refractivity contribution is 5.45. The smallest absolute Gasteiger partial charge is 0.163 e. The molecule has 1 nitrogen and oxygen atoms in total. The fourth-order valence-electron chi connectivity index (χ4n) is 1.96. The lowest BCUT2D eigenvalue weighted by Gasteiger charge is -2.08. The maximum absolute atomic E-state index is 13.5. The Morgan fingerprint density at radius 1 is 1.00 bits per heavy atom. The first-order chi connectivity index (χ1) is 9.20. The van der Waals surface area contributed by atoms with Crippen molar-refractivity contribution in [2.24, 2.45) is 0 Å². The van der Waals surface area contributed by atoms with E-state index < -0.39 is 11.6 Å². The summed E-state index contributed by atoms with van der Waals surface area (Å²) in [6, 6.07) is 12.2. The molecule has 0 aliphatic carbocycles. The van der Waals surface area contributed by atoms with Crippen LogP contribution in [0.25, 0.3) is 0 Å². The second-order valence-corrected chi connectivity index (χ2v) is 4.51. The second kappa shape index (κ2) is 6.32. The van der Waals surface area contributed by atoms with Gasteiger partial charge < -0.3 is 5.32 Å². The standard InChI is InChI=1S/C16H17F2N/c1-2-4-12-7-9-14(10-8-12)19-11-13-5-3-6-15(17)16(13)18/h3,5-10,19H,2,4,11H2,1H3. The van der Waals surface area contributed by atoms with Crippen LogP contribution < -0.4 is 5.32 Å². The zero-order valence-electron chi connectivity index (χ0n) is 10.9. The zero-order valence-corrected chi connectivity index (χ0v) is 10.9. The molecule has 3 heteroatoms. The van der Waals surface area contributed by atoms with Gasteiger partial charge in [0.15, 0.2) is 11.6 Å². The van der Waals surface area contributed by atoms with Crippen LogP contribution >= 0.6 is 0 Å². The summed E-state index contributed by atoms with van der Waals surface area (Å²) in [4.78, 5) is 0. The fraction of sp³-hybridized carbons (Fsp3) is 0.250. The van der Waals surface area contributed by atoms with Crippen molar-refractivity contribution in [2.45, 2.75) is 26.3 Å². The van der Waals surface area contributed by atoms with Gasteiger partial charge in [0.1, 0.15) is 0 Å². The summed E-state index contributed by atoms with van der Waals surface area (Å²) in [5.41, 5.74) is 2.52. The van der Waals surface area contributed by atoms with E-state index in [1.165, 1.54) is 11.6 Å². The highest BCUT2D eigenvalue weighted by atomic mass is 19.2. The molecule has 0 radical (unpaired) electrons. The summed E-state index contributed by atoms with van der Waals surface area (Å²) in [5.74, 6) is -1.59. The zero-order chi connectivity index (χ0) is 13.7. The van der Waals surface area contributed by atoms with Gasteiger partial charge in [-0.1, -0.05) is 37.6 Å². The number of hydrogen-bond donors (Lipinski definition) is 1. The molecule has 0 spiro atoms. The monoisotopic (exact) mass is 261 g/mol. The van der Waals surface area contributed by atoms with E-state index in [2.05, 4.69) is 12.2 Å². The summed E-state index contributed by atoms with van der Waals surface area (Å²) in [5, 5.41) is 3.09. The number of anilines is 1. The third-order valence-electron chi connectivity index (χ3n) is 3.01. The Kier molecular flexibility index (Phi) is 4.50. The minimum Gasteiger partial charge on any atom is -0.381 e. The molecular weight excluding hydrogens is 244 g/mol. The highest BCUT2D eigenvalue weighted by Gasteiger charge is 2.06. The van der Waals surface area contributed by atoms with E-state index in [-0.39, 0.29) is 6.54 Å². The summed E-state index contributed by atoms with van der Waals surface area (Å²) >= 11 is 0. The van der Waals surface area contributed by atoms with E-state index in [4.69, 9.17) is 0 Å². The predicted octanol–water partition coefficient (Wildman–Crippen LogP) is 4.53. The number of rotatable bonds is 5. The lowest BCUT2D eigenvalue weighted by molar-refractivity contribution is 0.500. The lowest BCUT2D eigenvalue weighted by atomic mass is 10.1. The van der Waals surface area contributed by atoms with Gasteiger partial charge in [0.25, 0.3) is 0 Å². The van der Waals surface area contributed by atoms with Gasteiger partial charge in [0.2, 0.25) is 0 Å².